The molecule has 2 aromatic carbocycles. The van der Waals surface area contributed by atoms with Gasteiger partial charge in [-0.25, -0.2) is 13.6 Å². The molecule has 0 saturated heterocycles. The molecular formula is C14H8BrF2NO3. The summed E-state index contributed by atoms with van der Waals surface area (Å²) in [4.78, 5) is 22.5. The molecule has 0 radical (unpaired) electrons. The number of aromatic carboxylic acids is 1. The van der Waals surface area contributed by atoms with Crippen LogP contribution in [0.3, 0.4) is 0 Å². The van der Waals surface area contributed by atoms with Crippen LogP contribution >= 0.6 is 15.9 Å². The molecule has 2 N–H and O–H groups in total. The van der Waals surface area contributed by atoms with Crippen LogP contribution in [0, 0.1) is 11.6 Å². The van der Waals surface area contributed by atoms with Gasteiger partial charge in [0.15, 0.2) is 0 Å². The predicted octanol–water partition coefficient (Wildman–Crippen LogP) is 3.68. The van der Waals surface area contributed by atoms with Crippen molar-refractivity contribution in [2.24, 2.45) is 0 Å². The van der Waals surface area contributed by atoms with Gasteiger partial charge in [-0.2, -0.15) is 0 Å². The van der Waals surface area contributed by atoms with Crippen LogP contribution in [-0.4, -0.2) is 17.0 Å². The van der Waals surface area contributed by atoms with Crippen molar-refractivity contribution in [2.75, 3.05) is 5.32 Å². The summed E-state index contributed by atoms with van der Waals surface area (Å²) >= 11 is 2.92. The summed E-state index contributed by atoms with van der Waals surface area (Å²) in [6.07, 6.45) is 0. The van der Waals surface area contributed by atoms with Crippen molar-refractivity contribution in [2.45, 2.75) is 0 Å². The monoisotopic (exact) mass is 355 g/mol. The molecular weight excluding hydrogens is 348 g/mol. The number of hydrogen-bond donors (Lipinski definition) is 2. The number of carbonyl (C=O) groups is 2. The molecule has 0 aliphatic carbocycles. The Morgan fingerprint density at radius 1 is 1.05 bits per heavy atom. The largest absolute Gasteiger partial charge is 0.478 e. The zero-order chi connectivity index (χ0) is 15.6. The molecule has 0 aliphatic heterocycles. The van der Waals surface area contributed by atoms with Gasteiger partial charge in [-0.05, 0) is 36.4 Å². The van der Waals surface area contributed by atoms with Gasteiger partial charge in [-0.3, -0.25) is 4.79 Å². The number of carboxylic acids is 1. The van der Waals surface area contributed by atoms with E-state index in [4.69, 9.17) is 5.11 Å². The zero-order valence-corrected chi connectivity index (χ0v) is 11.9. The van der Waals surface area contributed by atoms with Gasteiger partial charge in [0.2, 0.25) is 0 Å². The molecule has 0 fully saturated rings. The first-order valence-corrected chi connectivity index (χ1v) is 6.47. The summed E-state index contributed by atoms with van der Waals surface area (Å²) < 4.78 is 27.4. The molecule has 0 spiro atoms. The maximum atomic E-state index is 13.6. The quantitative estimate of drug-likeness (QED) is 0.882. The summed E-state index contributed by atoms with van der Waals surface area (Å²) in [5, 5.41) is 11.0. The van der Waals surface area contributed by atoms with Crippen LogP contribution in [0.5, 0.6) is 0 Å². The summed E-state index contributed by atoms with van der Waals surface area (Å²) in [6, 6.07) is 7.15. The molecule has 0 aromatic heterocycles. The number of rotatable bonds is 3. The normalized spacial score (nSPS) is 10.2. The molecule has 1 amide bonds. The number of hydrogen-bond acceptors (Lipinski definition) is 2. The fourth-order valence-corrected chi connectivity index (χ4v) is 2.05. The second-order valence-corrected chi connectivity index (χ2v) is 5.00. The molecule has 0 unspecified atom stereocenters. The minimum Gasteiger partial charge on any atom is -0.478 e. The molecule has 21 heavy (non-hydrogen) atoms. The van der Waals surface area contributed by atoms with Gasteiger partial charge in [-0.1, -0.05) is 15.9 Å². The van der Waals surface area contributed by atoms with Crippen LogP contribution in [0.1, 0.15) is 20.7 Å². The van der Waals surface area contributed by atoms with Gasteiger partial charge in [-0.15, -0.1) is 0 Å². The van der Waals surface area contributed by atoms with E-state index in [9.17, 15) is 18.4 Å². The van der Waals surface area contributed by atoms with E-state index in [-0.39, 0.29) is 15.7 Å². The number of carbonyl (C=O) groups excluding carboxylic acids is 1. The standard InChI is InChI=1S/C14H8BrF2NO3/c15-8-5-10(16)12(11(17)6-8)13(19)18-9-3-1-7(2-4-9)14(20)21/h1-6H,(H,18,19)(H,20,21). The number of nitrogens with one attached hydrogen (secondary N) is 1. The van der Waals surface area contributed by atoms with E-state index < -0.39 is 29.1 Å². The SMILES string of the molecule is O=C(O)c1ccc(NC(=O)c2c(F)cc(Br)cc2F)cc1. The smallest absolute Gasteiger partial charge is 0.335 e. The van der Waals surface area contributed by atoms with Gasteiger partial charge < -0.3 is 10.4 Å². The fraction of sp³-hybridized carbons (Fsp3) is 0. The average Bonchev–Trinajstić information content (AvgIpc) is 2.37. The Hall–Kier alpha value is -2.28. The van der Waals surface area contributed by atoms with Crippen LogP contribution in [0.15, 0.2) is 40.9 Å². The Balaban J connectivity index is 2.24. The number of benzene rings is 2. The Labute approximate surface area is 126 Å². The van der Waals surface area contributed by atoms with Crippen LogP contribution in [0.4, 0.5) is 14.5 Å². The third kappa shape index (κ3) is 3.43. The molecule has 0 bridgehead atoms. The third-order valence-electron chi connectivity index (χ3n) is 2.62. The van der Waals surface area contributed by atoms with E-state index >= 15 is 0 Å². The van der Waals surface area contributed by atoms with Crippen molar-refractivity contribution in [3.63, 3.8) is 0 Å². The molecule has 2 aromatic rings. The molecule has 0 atom stereocenters. The molecule has 108 valence electrons. The van der Waals surface area contributed by atoms with Crippen molar-refractivity contribution >= 4 is 33.5 Å². The lowest BCUT2D eigenvalue weighted by Crippen LogP contribution is -2.16. The molecule has 2 rings (SSSR count). The topological polar surface area (TPSA) is 66.4 Å². The van der Waals surface area contributed by atoms with E-state index in [0.29, 0.717) is 0 Å². The lowest BCUT2D eigenvalue weighted by atomic mass is 10.1. The second kappa shape index (κ2) is 6.01. The summed E-state index contributed by atoms with van der Waals surface area (Å²) in [5.41, 5.74) is -0.443. The lowest BCUT2D eigenvalue weighted by molar-refractivity contribution is 0.0696. The Morgan fingerprint density at radius 2 is 1.57 bits per heavy atom. The van der Waals surface area contributed by atoms with Crippen LogP contribution in [0.2, 0.25) is 0 Å². The van der Waals surface area contributed by atoms with E-state index in [1.807, 2.05) is 0 Å². The first-order chi connectivity index (χ1) is 9.88. The Bertz CT molecular complexity index is 694. The van der Waals surface area contributed by atoms with E-state index in [1.165, 1.54) is 24.3 Å². The number of anilines is 1. The van der Waals surface area contributed by atoms with Crippen molar-refractivity contribution < 1.29 is 23.5 Å². The van der Waals surface area contributed by atoms with Crippen molar-refractivity contribution in [1.29, 1.82) is 0 Å². The van der Waals surface area contributed by atoms with Gasteiger partial charge >= 0.3 is 5.97 Å². The first kappa shape index (κ1) is 15.1. The van der Waals surface area contributed by atoms with Crippen LogP contribution in [-0.2, 0) is 0 Å². The maximum Gasteiger partial charge on any atom is 0.335 e. The minimum atomic E-state index is -1.11. The number of carboxylic acid groups (broad SMARTS) is 1. The summed E-state index contributed by atoms with van der Waals surface area (Å²) in [7, 11) is 0. The van der Waals surface area contributed by atoms with Crippen molar-refractivity contribution in [1.82, 2.24) is 0 Å². The van der Waals surface area contributed by atoms with Gasteiger partial charge in [0, 0.05) is 10.2 Å². The van der Waals surface area contributed by atoms with Gasteiger partial charge in [0.25, 0.3) is 5.91 Å². The second-order valence-electron chi connectivity index (χ2n) is 4.08. The highest BCUT2D eigenvalue weighted by Crippen LogP contribution is 2.21. The highest BCUT2D eigenvalue weighted by atomic mass is 79.9. The number of amides is 1. The van der Waals surface area contributed by atoms with E-state index in [0.717, 1.165) is 12.1 Å². The molecule has 0 saturated carbocycles. The van der Waals surface area contributed by atoms with Gasteiger partial charge in [0.1, 0.15) is 17.2 Å². The average molecular weight is 356 g/mol. The number of halogens is 3. The summed E-state index contributed by atoms with van der Waals surface area (Å²) in [6.45, 7) is 0. The summed E-state index contributed by atoms with van der Waals surface area (Å²) in [5.74, 6) is -4.07. The third-order valence-corrected chi connectivity index (χ3v) is 3.08. The molecule has 0 heterocycles. The Kier molecular flexibility index (Phi) is 4.32. The fourth-order valence-electron chi connectivity index (χ4n) is 1.65. The van der Waals surface area contributed by atoms with Crippen LogP contribution < -0.4 is 5.32 Å². The van der Waals surface area contributed by atoms with Crippen LogP contribution in [0.25, 0.3) is 0 Å². The van der Waals surface area contributed by atoms with E-state index in [2.05, 4.69) is 21.2 Å². The first-order valence-electron chi connectivity index (χ1n) is 5.67. The minimum absolute atomic E-state index is 0.0361. The highest BCUT2D eigenvalue weighted by molar-refractivity contribution is 9.10. The Morgan fingerprint density at radius 3 is 2.05 bits per heavy atom. The zero-order valence-electron chi connectivity index (χ0n) is 10.4. The van der Waals surface area contributed by atoms with Crippen molar-refractivity contribution in [3.8, 4) is 0 Å². The van der Waals surface area contributed by atoms with E-state index in [1.54, 1.807) is 0 Å². The van der Waals surface area contributed by atoms with Gasteiger partial charge in [0.05, 0.1) is 5.56 Å². The lowest BCUT2D eigenvalue weighted by Gasteiger charge is -2.08. The highest BCUT2D eigenvalue weighted by Gasteiger charge is 2.18. The van der Waals surface area contributed by atoms with Crippen molar-refractivity contribution in [3.05, 3.63) is 63.6 Å². The predicted molar refractivity (Wildman–Crippen MR) is 75.4 cm³/mol. The maximum absolute atomic E-state index is 13.6. The molecule has 7 heteroatoms. The molecule has 0 aliphatic rings. The molecule has 4 nitrogen and oxygen atoms in total.